The van der Waals surface area contributed by atoms with Gasteiger partial charge in [0.05, 0.1) is 33.4 Å². The molecule has 8 nitrogen and oxygen atoms in total. The summed E-state index contributed by atoms with van der Waals surface area (Å²) >= 11 is 19.3. The maximum Gasteiger partial charge on any atom is 0.337 e. The van der Waals surface area contributed by atoms with Crippen LogP contribution in [-0.4, -0.2) is 41.3 Å². The Morgan fingerprint density at radius 2 is 1.76 bits per heavy atom. The number of carboxylic acid groups (broad SMARTS) is 1. The Labute approximate surface area is 182 Å². The van der Waals surface area contributed by atoms with Crippen LogP contribution < -0.4 is 0 Å². The molecule has 4 rings (SSSR count). The van der Waals surface area contributed by atoms with Gasteiger partial charge >= 0.3 is 5.97 Å². The second kappa shape index (κ2) is 8.03. The first-order valence-corrected chi connectivity index (χ1v) is 9.92. The van der Waals surface area contributed by atoms with E-state index in [-0.39, 0.29) is 5.56 Å². The van der Waals surface area contributed by atoms with Crippen molar-refractivity contribution in [2.24, 2.45) is 0 Å². The fraction of sp³-hybridized carbons (Fsp3) is 0.0588. The van der Waals surface area contributed by atoms with Crippen molar-refractivity contribution in [2.75, 3.05) is 0 Å². The number of hydrogen-bond donors (Lipinski definition) is 1. The smallest absolute Gasteiger partial charge is 0.337 e. The lowest BCUT2D eigenvalue weighted by Gasteiger charge is -2.05. The minimum Gasteiger partial charge on any atom is -0.478 e. The SMILES string of the molecule is O=C(O)c1cncc(-c2nnc(-c3cn(Cc4cc(Cl)c(Cl)c(Cl)c4)nn3)s2)c1. The number of hydrogen-bond acceptors (Lipinski definition) is 7. The second-order valence-corrected chi connectivity index (χ2v) is 8.02. The fourth-order valence-corrected chi connectivity index (χ4v) is 3.89. The summed E-state index contributed by atoms with van der Waals surface area (Å²) in [5, 5.41) is 27.6. The zero-order chi connectivity index (χ0) is 20.5. The number of benzene rings is 1. The molecule has 146 valence electrons. The van der Waals surface area contributed by atoms with Crippen molar-refractivity contribution >= 4 is 52.1 Å². The molecule has 0 fully saturated rings. The third-order valence-electron chi connectivity index (χ3n) is 3.80. The molecular weight excluding hydrogens is 459 g/mol. The van der Waals surface area contributed by atoms with Crippen LogP contribution in [0.4, 0.5) is 0 Å². The first-order chi connectivity index (χ1) is 13.9. The molecule has 1 aromatic carbocycles. The van der Waals surface area contributed by atoms with E-state index < -0.39 is 5.97 Å². The normalized spacial score (nSPS) is 11.0. The molecule has 0 saturated carbocycles. The number of rotatable bonds is 5. The van der Waals surface area contributed by atoms with E-state index in [9.17, 15) is 4.79 Å². The summed E-state index contributed by atoms with van der Waals surface area (Å²) in [7, 11) is 0. The van der Waals surface area contributed by atoms with Crippen LogP contribution in [0.5, 0.6) is 0 Å². The molecule has 0 unspecified atom stereocenters. The van der Waals surface area contributed by atoms with E-state index >= 15 is 0 Å². The Morgan fingerprint density at radius 1 is 1.03 bits per heavy atom. The molecule has 0 saturated heterocycles. The highest BCUT2D eigenvalue weighted by Gasteiger charge is 2.14. The number of aromatic carboxylic acids is 1. The number of aromatic nitrogens is 6. The summed E-state index contributed by atoms with van der Waals surface area (Å²) in [6.45, 7) is 0.389. The Bertz CT molecular complexity index is 1200. The fourth-order valence-electron chi connectivity index (χ4n) is 2.48. The summed E-state index contributed by atoms with van der Waals surface area (Å²) in [6, 6.07) is 4.91. The van der Waals surface area contributed by atoms with Gasteiger partial charge in [-0.1, -0.05) is 51.4 Å². The molecular formula is C17H9Cl3N6O2S. The monoisotopic (exact) mass is 466 g/mol. The minimum atomic E-state index is -1.06. The molecule has 0 radical (unpaired) electrons. The van der Waals surface area contributed by atoms with E-state index in [4.69, 9.17) is 39.9 Å². The van der Waals surface area contributed by atoms with Crippen LogP contribution in [0.25, 0.3) is 21.3 Å². The molecule has 0 aliphatic heterocycles. The number of nitrogens with zero attached hydrogens (tertiary/aromatic N) is 6. The summed E-state index contributed by atoms with van der Waals surface area (Å²) in [6.07, 6.45) is 4.52. The predicted octanol–water partition coefficient (Wildman–Crippen LogP) is 4.57. The van der Waals surface area contributed by atoms with Crippen molar-refractivity contribution < 1.29 is 9.90 Å². The predicted molar refractivity (Wildman–Crippen MR) is 110 cm³/mol. The third kappa shape index (κ3) is 4.23. The van der Waals surface area contributed by atoms with Gasteiger partial charge < -0.3 is 5.11 Å². The van der Waals surface area contributed by atoms with Gasteiger partial charge in [0.25, 0.3) is 0 Å². The van der Waals surface area contributed by atoms with Crippen molar-refractivity contribution in [3.05, 3.63) is 63.0 Å². The maximum absolute atomic E-state index is 11.1. The first kappa shape index (κ1) is 19.7. The summed E-state index contributed by atoms with van der Waals surface area (Å²) in [4.78, 5) is 15.0. The average Bonchev–Trinajstić information content (AvgIpc) is 3.35. The summed E-state index contributed by atoms with van der Waals surface area (Å²) < 4.78 is 1.61. The quantitative estimate of drug-likeness (QED) is 0.429. The molecule has 4 aromatic rings. The van der Waals surface area contributed by atoms with Gasteiger partial charge in [-0.15, -0.1) is 15.3 Å². The van der Waals surface area contributed by atoms with Gasteiger partial charge in [0, 0.05) is 18.0 Å². The molecule has 0 amide bonds. The Balaban J connectivity index is 1.56. The van der Waals surface area contributed by atoms with Crippen molar-refractivity contribution in [2.45, 2.75) is 6.54 Å². The Morgan fingerprint density at radius 3 is 2.48 bits per heavy atom. The highest BCUT2D eigenvalue weighted by Crippen LogP contribution is 2.32. The van der Waals surface area contributed by atoms with Crippen LogP contribution in [-0.2, 0) is 6.54 Å². The van der Waals surface area contributed by atoms with E-state index in [1.165, 1.54) is 29.8 Å². The van der Waals surface area contributed by atoms with Gasteiger partial charge in [0.2, 0.25) is 0 Å². The van der Waals surface area contributed by atoms with Gasteiger partial charge in [-0.25, -0.2) is 9.48 Å². The molecule has 1 N–H and O–H groups in total. The summed E-state index contributed by atoms with van der Waals surface area (Å²) in [5.41, 5.74) is 1.98. The zero-order valence-corrected chi connectivity index (χ0v) is 17.3. The molecule has 29 heavy (non-hydrogen) atoms. The van der Waals surface area contributed by atoms with Crippen molar-refractivity contribution in [1.29, 1.82) is 0 Å². The largest absolute Gasteiger partial charge is 0.478 e. The molecule has 0 spiro atoms. The van der Waals surface area contributed by atoms with E-state index in [0.29, 0.717) is 42.9 Å². The van der Waals surface area contributed by atoms with E-state index in [2.05, 4.69) is 25.5 Å². The highest BCUT2D eigenvalue weighted by molar-refractivity contribution is 7.17. The lowest BCUT2D eigenvalue weighted by molar-refractivity contribution is 0.0696. The van der Waals surface area contributed by atoms with Crippen LogP contribution in [0.1, 0.15) is 15.9 Å². The van der Waals surface area contributed by atoms with Crippen molar-refractivity contribution in [3.63, 3.8) is 0 Å². The minimum absolute atomic E-state index is 0.0745. The number of carbonyl (C=O) groups is 1. The Hall–Kier alpha value is -2.59. The Kier molecular flexibility index (Phi) is 5.46. The second-order valence-electron chi connectivity index (χ2n) is 5.85. The number of halogens is 3. The van der Waals surface area contributed by atoms with Crippen LogP contribution in [0.2, 0.25) is 15.1 Å². The first-order valence-electron chi connectivity index (χ1n) is 7.97. The van der Waals surface area contributed by atoms with Gasteiger partial charge in [-0.3, -0.25) is 4.98 Å². The van der Waals surface area contributed by atoms with Gasteiger partial charge in [0.1, 0.15) is 10.7 Å². The van der Waals surface area contributed by atoms with E-state index in [0.717, 1.165) is 5.56 Å². The third-order valence-corrected chi connectivity index (χ3v) is 5.99. The molecule has 0 bridgehead atoms. The van der Waals surface area contributed by atoms with Gasteiger partial charge in [-0.05, 0) is 23.8 Å². The number of carboxylic acids is 1. The highest BCUT2D eigenvalue weighted by atomic mass is 35.5. The number of pyridine rings is 1. The molecule has 0 aliphatic carbocycles. The van der Waals surface area contributed by atoms with Crippen molar-refractivity contribution in [3.8, 4) is 21.3 Å². The molecule has 12 heteroatoms. The zero-order valence-electron chi connectivity index (χ0n) is 14.3. The lowest BCUT2D eigenvalue weighted by atomic mass is 10.2. The maximum atomic E-state index is 11.1. The molecule has 3 heterocycles. The summed E-state index contributed by atoms with van der Waals surface area (Å²) in [5.74, 6) is -1.06. The average molecular weight is 468 g/mol. The van der Waals surface area contributed by atoms with Crippen molar-refractivity contribution in [1.82, 2.24) is 30.2 Å². The topological polar surface area (TPSA) is 107 Å². The van der Waals surface area contributed by atoms with E-state index in [1.807, 2.05) is 0 Å². The standard InChI is InChI=1S/C17H9Cl3N6O2S/c18-11-1-8(2-12(19)14(11)20)6-26-7-13(22-25-26)16-24-23-15(29-16)9-3-10(17(27)28)5-21-4-9/h1-5,7H,6H2,(H,27,28). The van der Waals surface area contributed by atoms with Gasteiger partial charge in [-0.2, -0.15) is 0 Å². The van der Waals surface area contributed by atoms with Crippen LogP contribution in [0, 0.1) is 0 Å². The lowest BCUT2D eigenvalue weighted by Crippen LogP contribution is -2.00. The van der Waals surface area contributed by atoms with Gasteiger partial charge in [0.15, 0.2) is 5.01 Å². The van der Waals surface area contributed by atoms with Crippen LogP contribution in [0.15, 0.2) is 36.8 Å². The van der Waals surface area contributed by atoms with Crippen LogP contribution >= 0.6 is 46.1 Å². The molecule has 0 atom stereocenters. The van der Waals surface area contributed by atoms with E-state index in [1.54, 1.807) is 23.0 Å². The molecule has 0 aliphatic rings. The van der Waals surface area contributed by atoms with Crippen LogP contribution in [0.3, 0.4) is 0 Å². The molecule has 3 aromatic heterocycles.